The minimum absolute atomic E-state index is 0.0605. The summed E-state index contributed by atoms with van der Waals surface area (Å²) in [5.74, 6) is 2.39. The normalized spacial score (nSPS) is 23.6. The smallest absolute Gasteiger partial charge is 0.252 e. The quantitative estimate of drug-likeness (QED) is 0.893. The predicted octanol–water partition coefficient (Wildman–Crippen LogP) is 1.28. The van der Waals surface area contributed by atoms with Crippen molar-refractivity contribution in [1.29, 1.82) is 0 Å². The van der Waals surface area contributed by atoms with E-state index in [-0.39, 0.29) is 11.5 Å². The zero-order chi connectivity index (χ0) is 14.2. The van der Waals surface area contributed by atoms with Gasteiger partial charge in [-0.1, -0.05) is 20.8 Å². The minimum Gasteiger partial charge on any atom is -0.354 e. The summed E-state index contributed by atoms with van der Waals surface area (Å²) in [5, 5.41) is 0. The molecule has 1 fully saturated rings. The van der Waals surface area contributed by atoms with Crippen LogP contribution in [0.1, 0.15) is 32.5 Å². The first-order valence-corrected chi connectivity index (χ1v) is 6.91. The third-order valence-electron chi connectivity index (χ3n) is 3.85. The van der Waals surface area contributed by atoms with Gasteiger partial charge in [-0.15, -0.1) is 0 Å². The van der Waals surface area contributed by atoms with Gasteiger partial charge in [-0.3, -0.25) is 4.79 Å². The molecule has 1 N–H and O–H groups in total. The zero-order valence-electron chi connectivity index (χ0n) is 12.5. The maximum atomic E-state index is 11.7. The van der Waals surface area contributed by atoms with Gasteiger partial charge in [0.1, 0.15) is 11.6 Å². The second-order valence-electron chi connectivity index (χ2n) is 6.06. The van der Waals surface area contributed by atoms with Gasteiger partial charge in [0.2, 0.25) is 0 Å². The molecule has 1 aliphatic rings. The molecule has 1 aromatic rings. The largest absolute Gasteiger partial charge is 0.354 e. The molecule has 5 nitrogen and oxygen atoms in total. The second kappa shape index (κ2) is 5.33. The number of H-pyrrole nitrogens is 1. The molecule has 1 aliphatic heterocycles. The van der Waals surface area contributed by atoms with Gasteiger partial charge in [0.15, 0.2) is 0 Å². The number of hydrogen-bond donors (Lipinski definition) is 1. The second-order valence-corrected chi connectivity index (χ2v) is 6.06. The lowest BCUT2D eigenvalue weighted by Gasteiger charge is -2.22. The van der Waals surface area contributed by atoms with Crippen molar-refractivity contribution in [2.45, 2.75) is 32.7 Å². The van der Waals surface area contributed by atoms with E-state index in [1.54, 1.807) is 6.07 Å². The topological polar surface area (TPSA) is 52.2 Å². The third kappa shape index (κ3) is 2.97. The summed E-state index contributed by atoms with van der Waals surface area (Å²) in [6.45, 7) is 8.22. The molecule has 19 heavy (non-hydrogen) atoms. The van der Waals surface area contributed by atoms with Crippen LogP contribution >= 0.6 is 0 Å². The molecule has 0 aromatic carbocycles. The Bertz CT molecular complexity index is 494. The van der Waals surface area contributed by atoms with Gasteiger partial charge in [0.05, 0.1) is 0 Å². The van der Waals surface area contributed by atoms with Crippen molar-refractivity contribution in [3.8, 4) is 0 Å². The van der Waals surface area contributed by atoms with Crippen LogP contribution in [0.15, 0.2) is 10.9 Å². The number of aromatic nitrogens is 2. The number of likely N-dealkylation sites (N-methyl/N-ethyl adjacent to an activating group) is 1. The van der Waals surface area contributed by atoms with Gasteiger partial charge < -0.3 is 14.8 Å². The summed E-state index contributed by atoms with van der Waals surface area (Å²) < 4.78 is 0. The zero-order valence-corrected chi connectivity index (χ0v) is 12.5. The van der Waals surface area contributed by atoms with Gasteiger partial charge >= 0.3 is 0 Å². The minimum atomic E-state index is -0.0605. The molecule has 0 saturated carbocycles. The molecule has 5 heteroatoms. The molecule has 1 aromatic heterocycles. The van der Waals surface area contributed by atoms with E-state index >= 15 is 0 Å². The number of nitrogens with zero attached hydrogens (tertiary/aromatic N) is 3. The molecule has 2 heterocycles. The summed E-state index contributed by atoms with van der Waals surface area (Å²) in [5.41, 5.74) is -0.0605. The van der Waals surface area contributed by atoms with Crippen molar-refractivity contribution in [2.75, 3.05) is 32.1 Å². The van der Waals surface area contributed by atoms with E-state index in [0.29, 0.717) is 12.0 Å². The van der Waals surface area contributed by atoms with Crippen LogP contribution in [0, 0.1) is 5.92 Å². The highest BCUT2D eigenvalue weighted by molar-refractivity contribution is 5.40. The lowest BCUT2D eigenvalue weighted by Crippen LogP contribution is -2.34. The van der Waals surface area contributed by atoms with E-state index in [4.69, 9.17) is 0 Å². The van der Waals surface area contributed by atoms with Crippen LogP contribution in [0.3, 0.4) is 0 Å². The summed E-state index contributed by atoms with van der Waals surface area (Å²) in [6, 6.07) is 2.12. The molecule has 0 aliphatic carbocycles. The molecule has 2 rings (SSSR count). The van der Waals surface area contributed by atoms with Crippen LogP contribution in [-0.4, -0.2) is 48.1 Å². The van der Waals surface area contributed by atoms with Gasteiger partial charge in [-0.25, -0.2) is 4.98 Å². The molecule has 2 atom stereocenters. The lowest BCUT2D eigenvalue weighted by atomic mass is 10.1. The molecule has 0 bridgehead atoms. The number of hydrogen-bond acceptors (Lipinski definition) is 4. The SMILES string of the molecule is CC(C)c1nc(N2CC(C)C(N(C)C)C2)cc(=O)[nH]1. The van der Waals surface area contributed by atoms with Crippen molar-refractivity contribution < 1.29 is 0 Å². The highest BCUT2D eigenvalue weighted by Gasteiger charge is 2.31. The molecule has 2 unspecified atom stereocenters. The number of nitrogens with one attached hydrogen (secondary N) is 1. The van der Waals surface area contributed by atoms with Gasteiger partial charge in [0, 0.05) is 31.1 Å². The number of anilines is 1. The monoisotopic (exact) mass is 264 g/mol. The van der Waals surface area contributed by atoms with E-state index in [9.17, 15) is 4.79 Å². The van der Waals surface area contributed by atoms with Gasteiger partial charge in [-0.2, -0.15) is 0 Å². The van der Waals surface area contributed by atoms with Crippen LogP contribution in [0.4, 0.5) is 5.82 Å². The van der Waals surface area contributed by atoms with Crippen LogP contribution in [-0.2, 0) is 0 Å². The fourth-order valence-electron chi connectivity index (χ4n) is 2.71. The van der Waals surface area contributed by atoms with Crippen molar-refractivity contribution in [2.24, 2.45) is 5.92 Å². The van der Waals surface area contributed by atoms with E-state index < -0.39 is 0 Å². The Hall–Kier alpha value is -1.36. The predicted molar refractivity (Wildman–Crippen MR) is 77.8 cm³/mol. The fourth-order valence-corrected chi connectivity index (χ4v) is 2.71. The lowest BCUT2D eigenvalue weighted by molar-refractivity contribution is 0.266. The van der Waals surface area contributed by atoms with Crippen molar-refractivity contribution in [1.82, 2.24) is 14.9 Å². The Morgan fingerprint density at radius 3 is 2.63 bits per heavy atom. The van der Waals surface area contributed by atoms with Crippen molar-refractivity contribution >= 4 is 5.82 Å². The molecule has 106 valence electrons. The number of aromatic amines is 1. The standard InChI is InChI=1S/C14H24N4O/c1-9(2)14-15-12(6-13(19)16-14)18-7-10(3)11(8-18)17(4)5/h6,9-11H,7-8H2,1-5H3,(H,15,16,19). The number of rotatable bonds is 3. The first kappa shape index (κ1) is 14.1. The molecular weight excluding hydrogens is 240 g/mol. The van der Waals surface area contributed by atoms with Gasteiger partial charge in [-0.05, 0) is 20.0 Å². The fraction of sp³-hybridized carbons (Fsp3) is 0.714. The summed E-state index contributed by atoms with van der Waals surface area (Å²) in [6.07, 6.45) is 0. The molecule has 0 amide bonds. The average molecular weight is 264 g/mol. The Morgan fingerprint density at radius 2 is 2.11 bits per heavy atom. The molecular formula is C14H24N4O. The molecule has 0 spiro atoms. The Kier molecular flexibility index (Phi) is 3.94. The summed E-state index contributed by atoms with van der Waals surface area (Å²) in [7, 11) is 4.21. The maximum absolute atomic E-state index is 11.7. The van der Waals surface area contributed by atoms with E-state index in [1.807, 2.05) is 13.8 Å². The molecule has 0 radical (unpaired) electrons. The van der Waals surface area contributed by atoms with Crippen molar-refractivity contribution in [3.63, 3.8) is 0 Å². The van der Waals surface area contributed by atoms with Crippen LogP contribution in [0.25, 0.3) is 0 Å². The summed E-state index contributed by atoms with van der Waals surface area (Å²) in [4.78, 5) is 23.6. The van der Waals surface area contributed by atoms with Crippen molar-refractivity contribution in [3.05, 3.63) is 22.2 Å². The first-order chi connectivity index (χ1) is 8.88. The van der Waals surface area contributed by atoms with Crippen LogP contribution < -0.4 is 10.5 Å². The van der Waals surface area contributed by atoms with E-state index in [0.717, 1.165) is 24.7 Å². The van der Waals surface area contributed by atoms with E-state index in [1.165, 1.54) is 0 Å². The maximum Gasteiger partial charge on any atom is 0.252 e. The average Bonchev–Trinajstić information content (AvgIpc) is 2.70. The Balaban J connectivity index is 2.26. The Labute approximate surface area is 114 Å². The van der Waals surface area contributed by atoms with Crippen LogP contribution in [0.5, 0.6) is 0 Å². The highest BCUT2D eigenvalue weighted by Crippen LogP contribution is 2.24. The Morgan fingerprint density at radius 1 is 1.42 bits per heavy atom. The first-order valence-electron chi connectivity index (χ1n) is 6.91. The van der Waals surface area contributed by atoms with Crippen LogP contribution in [0.2, 0.25) is 0 Å². The highest BCUT2D eigenvalue weighted by atomic mass is 16.1. The third-order valence-corrected chi connectivity index (χ3v) is 3.85. The summed E-state index contributed by atoms with van der Waals surface area (Å²) >= 11 is 0. The molecule has 1 saturated heterocycles. The van der Waals surface area contributed by atoms with E-state index in [2.05, 4.69) is 40.8 Å². The van der Waals surface area contributed by atoms with Gasteiger partial charge in [0.25, 0.3) is 5.56 Å².